The molecule has 2 aromatic rings. The highest BCUT2D eigenvalue weighted by Gasteiger charge is 2.10. The molecule has 124 valence electrons. The Morgan fingerprint density at radius 1 is 1.12 bits per heavy atom. The van der Waals surface area contributed by atoms with Gasteiger partial charge < -0.3 is 15.7 Å². The molecule has 0 aliphatic carbocycles. The number of nitrogens with one attached hydrogen (secondary N) is 2. The summed E-state index contributed by atoms with van der Waals surface area (Å²) in [6.07, 6.45) is 0. The Kier molecular flexibility index (Phi) is 6.07. The first kappa shape index (κ1) is 17.7. The number of benzene rings is 2. The number of hydrogen-bond acceptors (Lipinski definition) is 4. The molecule has 2 aromatic carbocycles. The number of amides is 1. The summed E-state index contributed by atoms with van der Waals surface area (Å²) in [5.74, 6) is -0.215. The normalized spacial score (nSPS) is 12.9. The van der Waals surface area contributed by atoms with Gasteiger partial charge in [-0.15, -0.1) is 0 Å². The molecule has 0 bridgehead atoms. The number of nitriles is 1. The van der Waals surface area contributed by atoms with Crippen LogP contribution in [-0.2, 0) is 0 Å². The fraction of sp³-hybridized carbons (Fsp3) is 0.263. The van der Waals surface area contributed by atoms with Crippen molar-refractivity contribution < 1.29 is 9.90 Å². The summed E-state index contributed by atoms with van der Waals surface area (Å²) in [6.45, 7) is 4.03. The fourth-order valence-electron chi connectivity index (χ4n) is 2.33. The molecule has 0 aromatic heterocycles. The van der Waals surface area contributed by atoms with Crippen molar-refractivity contribution in [1.29, 1.82) is 5.26 Å². The first-order chi connectivity index (χ1) is 11.5. The van der Waals surface area contributed by atoms with Crippen molar-refractivity contribution >= 4 is 11.6 Å². The quantitative estimate of drug-likeness (QED) is 0.763. The van der Waals surface area contributed by atoms with Gasteiger partial charge in [0.15, 0.2) is 0 Å². The maximum Gasteiger partial charge on any atom is 0.255 e. The van der Waals surface area contributed by atoms with Crippen molar-refractivity contribution in [2.75, 3.05) is 11.9 Å². The lowest BCUT2D eigenvalue weighted by Crippen LogP contribution is -2.31. The van der Waals surface area contributed by atoms with Crippen molar-refractivity contribution in [3.05, 3.63) is 65.2 Å². The van der Waals surface area contributed by atoms with Crippen molar-refractivity contribution in [3.8, 4) is 6.07 Å². The summed E-state index contributed by atoms with van der Waals surface area (Å²) in [5.41, 5.74) is 2.81. The Balaban J connectivity index is 2.00. The molecular formula is C19H21N3O2. The van der Waals surface area contributed by atoms with Crippen LogP contribution >= 0.6 is 0 Å². The summed E-state index contributed by atoms with van der Waals surface area (Å²) >= 11 is 0. The minimum absolute atomic E-state index is 0.0239. The minimum Gasteiger partial charge on any atom is -0.395 e. The lowest BCUT2D eigenvalue weighted by molar-refractivity contribution is 0.102. The second-order valence-corrected chi connectivity index (χ2v) is 5.74. The molecule has 1 amide bonds. The summed E-state index contributed by atoms with van der Waals surface area (Å²) in [6, 6.07) is 16.2. The Morgan fingerprint density at radius 3 is 2.29 bits per heavy atom. The van der Waals surface area contributed by atoms with E-state index in [0.29, 0.717) is 16.8 Å². The average Bonchev–Trinajstić information content (AvgIpc) is 2.62. The Hall–Kier alpha value is -2.68. The van der Waals surface area contributed by atoms with E-state index in [9.17, 15) is 4.79 Å². The average molecular weight is 323 g/mol. The van der Waals surface area contributed by atoms with Crippen LogP contribution in [0.15, 0.2) is 48.5 Å². The van der Waals surface area contributed by atoms with E-state index < -0.39 is 0 Å². The molecule has 0 radical (unpaired) electrons. The maximum absolute atomic E-state index is 12.2. The van der Waals surface area contributed by atoms with Gasteiger partial charge >= 0.3 is 0 Å². The van der Waals surface area contributed by atoms with Gasteiger partial charge in [0.25, 0.3) is 5.91 Å². The van der Waals surface area contributed by atoms with E-state index in [-0.39, 0.29) is 24.6 Å². The molecule has 5 heteroatoms. The first-order valence-corrected chi connectivity index (χ1v) is 7.82. The number of anilines is 1. The van der Waals surface area contributed by atoms with Crippen LogP contribution in [0.2, 0.25) is 0 Å². The van der Waals surface area contributed by atoms with Crippen LogP contribution in [0.3, 0.4) is 0 Å². The third-order valence-corrected chi connectivity index (χ3v) is 3.75. The van der Waals surface area contributed by atoms with Gasteiger partial charge in [0.05, 0.1) is 18.2 Å². The van der Waals surface area contributed by atoms with Crippen molar-refractivity contribution in [2.24, 2.45) is 0 Å². The number of aliphatic hydroxyl groups is 1. The molecule has 5 nitrogen and oxygen atoms in total. The highest BCUT2D eigenvalue weighted by molar-refractivity contribution is 6.04. The van der Waals surface area contributed by atoms with Gasteiger partial charge in [0, 0.05) is 23.3 Å². The number of rotatable bonds is 6. The topological polar surface area (TPSA) is 85.2 Å². The molecule has 24 heavy (non-hydrogen) atoms. The van der Waals surface area contributed by atoms with E-state index in [1.165, 1.54) is 0 Å². The molecule has 0 saturated carbocycles. The number of nitrogens with zero attached hydrogens (tertiary/aromatic N) is 1. The van der Waals surface area contributed by atoms with E-state index in [2.05, 4.69) is 10.6 Å². The molecule has 0 saturated heterocycles. The zero-order valence-corrected chi connectivity index (χ0v) is 13.8. The van der Waals surface area contributed by atoms with Crippen LogP contribution in [0.1, 0.15) is 41.4 Å². The molecule has 1 unspecified atom stereocenters. The zero-order chi connectivity index (χ0) is 17.5. The number of carbonyl (C=O) groups excluding carboxylic acids is 1. The lowest BCUT2D eigenvalue weighted by Gasteiger charge is -2.19. The summed E-state index contributed by atoms with van der Waals surface area (Å²) in [5, 5.41) is 24.0. The second kappa shape index (κ2) is 8.25. The molecule has 0 aliphatic rings. The Labute approximate surface area is 141 Å². The molecule has 2 atom stereocenters. The molecular weight excluding hydrogens is 302 g/mol. The predicted octanol–water partition coefficient (Wildman–Crippen LogP) is 2.84. The molecule has 0 spiro atoms. The van der Waals surface area contributed by atoms with Crippen LogP contribution < -0.4 is 10.6 Å². The highest BCUT2D eigenvalue weighted by Crippen LogP contribution is 2.17. The fourth-order valence-corrected chi connectivity index (χ4v) is 2.33. The molecule has 3 N–H and O–H groups in total. The van der Waals surface area contributed by atoms with E-state index in [1.807, 2.05) is 44.2 Å². The Morgan fingerprint density at radius 2 is 1.75 bits per heavy atom. The first-order valence-electron chi connectivity index (χ1n) is 7.82. The van der Waals surface area contributed by atoms with Crippen LogP contribution in [0.4, 0.5) is 5.69 Å². The van der Waals surface area contributed by atoms with Gasteiger partial charge in [0.1, 0.15) is 0 Å². The van der Waals surface area contributed by atoms with E-state index in [4.69, 9.17) is 10.4 Å². The largest absolute Gasteiger partial charge is 0.395 e. The lowest BCUT2D eigenvalue weighted by atomic mass is 10.1. The molecule has 0 aliphatic heterocycles. The number of carbonyl (C=O) groups is 1. The minimum atomic E-state index is -0.215. The second-order valence-electron chi connectivity index (χ2n) is 5.74. The van der Waals surface area contributed by atoms with Gasteiger partial charge in [-0.1, -0.05) is 12.1 Å². The molecule has 2 rings (SSSR count). The third-order valence-electron chi connectivity index (χ3n) is 3.75. The van der Waals surface area contributed by atoms with Crippen LogP contribution in [0.5, 0.6) is 0 Å². The van der Waals surface area contributed by atoms with E-state index in [0.717, 1.165) is 5.56 Å². The predicted molar refractivity (Wildman–Crippen MR) is 93.7 cm³/mol. The standard InChI is InChI=1S/C19H21N3O2/c1-13(12-23)21-14(2)16-7-9-18(10-8-16)22-19(24)17-5-3-15(11-20)4-6-17/h3-10,13-14,21,23H,12H2,1-2H3,(H,22,24)/t13-,14?/m0/s1. The van der Waals surface area contributed by atoms with Gasteiger partial charge in [-0.25, -0.2) is 0 Å². The van der Waals surface area contributed by atoms with Crippen molar-refractivity contribution in [1.82, 2.24) is 5.32 Å². The van der Waals surface area contributed by atoms with Crippen LogP contribution in [0.25, 0.3) is 0 Å². The van der Waals surface area contributed by atoms with Gasteiger partial charge in [-0.05, 0) is 55.8 Å². The van der Waals surface area contributed by atoms with Gasteiger partial charge in [0.2, 0.25) is 0 Å². The Bertz CT molecular complexity index is 718. The monoisotopic (exact) mass is 323 g/mol. The summed E-state index contributed by atoms with van der Waals surface area (Å²) < 4.78 is 0. The number of aliphatic hydroxyl groups excluding tert-OH is 1. The molecule has 0 heterocycles. The molecule has 0 fully saturated rings. The summed E-state index contributed by atoms with van der Waals surface area (Å²) in [4.78, 5) is 12.2. The van der Waals surface area contributed by atoms with Crippen LogP contribution in [0, 0.1) is 11.3 Å². The zero-order valence-electron chi connectivity index (χ0n) is 13.8. The SMILES string of the molecule is CC(N[C@@H](C)CO)c1ccc(NC(=O)c2ccc(C#N)cc2)cc1. The van der Waals surface area contributed by atoms with E-state index >= 15 is 0 Å². The third kappa shape index (κ3) is 4.66. The van der Waals surface area contributed by atoms with E-state index in [1.54, 1.807) is 24.3 Å². The van der Waals surface area contributed by atoms with Gasteiger partial charge in [-0.3, -0.25) is 4.79 Å². The van der Waals surface area contributed by atoms with Crippen LogP contribution in [-0.4, -0.2) is 23.7 Å². The maximum atomic E-state index is 12.2. The number of hydrogen-bond donors (Lipinski definition) is 3. The smallest absolute Gasteiger partial charge is 0.255 e. The highest BCUT2D eigenvalue weighted by atomic mass is 16.3. The van der Waals surface area contributed by atoms with Crippen molar-refractivity contribution in [3.63, 3.8) is 0 Å². The van der Waals surface area contributed by atoms with Gasteiger partial charge in [-0.2, -0.15) is 5.26 Å². The van der Waals surface area contributed by atoms with Crippen molar-refractivity contribution in [2.45, 2.75) is 25.9 Å². The summed E-state index contributed by atoms with van der Waals surface area (Å²) in [7, 11) is 0.